The number of guanidine groups is 1. The third kappa shape index (κ3) is 5.96. The zero-order valence-corrected chi connectivity index (χ0v) is 16.4. The molecule has 2 rings (SSSR count). The standard InChI is InChI=1S/C19H30N4OS/c1-4-17-14-23(11-12-25-17)19(21-5-2)22-10-9-15-7-6-8-16(13-15)18(24)20-3/h6-8,13,17H,4-5,9-12,14H2,1-3H3,(H,20,24)(H,21,22). The molecule has 25 heavy (non-hydrogen) atoms. The predicted octanol–water partition coefficient (Wildman–Crippen LogP) is 2.38. The fraction of sp³-hybridized carbons (Fsp3) is 0.579. The summed E-state index contributed by atoms with van der Waals surface area (Å²) in [6.45, 7) is 8.09. The Labute approximate surface area is 155 Å². The molecule has 1 amide bonds. The number of benzene rings is 1. The summed E-state index contributed by atoms with van der Waals surface area (Å²) in [7, 11) is 1.66. The van der Waals surface area contributed by atoms with Crippen LogP contribution in [0.5, 0.6) is 0 Å². The molecule has 1 atom stereocenters. The van der Waals surface area contributed by atoms with E-state index in [1.165, 1.54) is 6.42 Å². The van der Waals surface area contributed by atoms with Gasteiger partial charge in [0.25, 0.3) is 5.91 Å². The van der Waals surface area contributed by atoms with Gasteiger partial charge in [0, 0.05) is 49.8 Å². The molecular weight excluding hydrogens is 332 g/mol. The Morgan fingerprint density at radius 1 is 1.40 bits per heavy atom. The molecule has 1 aliphatic rings. The highest BCUT2D eigenvalue weighted by Crippen LogP contribution is 2.21. The highest BCUT2D eigenvalue weighted by atomic mass is 32.2. The van der Waals surface area contributed by atoms with Crippen molar-refractivity contribution in [2.75, 3.05) is 39.0 Å². The fourth-order valence-corrected chi connectivity index (χ4v) is 4.07. The van der Waals surface area contributed by atoms with Crippen LogP contribution < -0.4 is 10.6 Å². The lowest BCUT2D eigenvalue weighted by atomic mass is 10.1. The van der Waals surface area contributed by atoms with Crippen LogP contribution in [0.2, 0.25) is 0 Å². The molecule has 0 bridgehead atoms. The number of amides is 1. The van der Waals surface area contributed by atoms with E-state index in [9.17, 15) is 4.79 Å². The van der Waals surface area contributed by atoms with E-state index < -0.39 is 0 Å². The van der Waals surface area contributed by atoms with Gasteiger partial charge in [-0.2, -0.15) is 11.8 Å². The van der Waals surface area contributed by atoms with Gasteiger partial charge < -0.3 is 15.5 Å². The summed E-state index contributed by atoms with van der Waals surface area (Å²) in [5.74, 6) is 2.13. The Hall–Kier alpha value is -1.69. The molecule has 5 nitrogen and oxygen atoms in total. The molecule has 1 aromatic rings. The third-order valence-corrected chi connectivity index (χ3v) is 5.68. The maximum atomic E-state index is 11.7. The van der Waals surface area contributed by atoms with Crippen molar-refractivity contribution in [1.29, 1.82) is 0 Å². The predicted molar refractivity (Wildman–Crippen MR) is 108 cm³/mol. The van der Waals surface area contributed by atoms with Crippen molar-refractivity contribution in [3.63, 3.8) is 0 Å². The van der Waals surface area contributed by atoms with E-state index in [1.807, 2.05) is 18.2 Å². The maximum absolute atomic E-state index is 11.7. The van der Waals surface area contributed by atoms with Gasteiger partial charge in [-0.25, -0.2) is 0 Å². The average molecular weight is 363 g/mol. The second-order valence-electron chi connectivity index (χ2n) is 6.11. The van der Waals surface area contributed by atoms with E-state index in [4.69, 9.17) is 4.99 Å². The molecule has 0 aliphatic carbocycles. The lowest BCUT2D eigenvalue weighted by Gasteiger charge is -2.34. The van der Waals surface area contributed by atoms with Crippen molar-refractivity contribution in [1.82, 2.24) is 15.5 Å². The number of rotatable bonds is 6. The van der Waals surface area contributed by atoms with Crippen molar-refractivity contribution in [2.24, 2.45) is 4.99 Å². The maximum Gasteiger partial charge on any atom is 0.251 e. The van der Waals surface area contributed by atoms with Crippen LogP contribution >= 0.6 is 11.8 Å². The molecule has 1 aliphatic heterocycles. The van der Waals surface area contributed by atoms with E-state index in [-0.39, 0.29) is 5.91 Å². The van der Waals surface area contributed by atoms with Crippen molar-refractivity contribution in [3.05, 3.63) is 35.4 Å². The Balaban J connectivity index is 1.98. The van der Waals surface area contributed by atoms with Crippen molar-refractivity contribution in [3.8, 4) is 0 Å². The lowest BCUT2D eigenvalue weighted by molar-refractivity contribution is 0.0963. The van der Waals surface area contributed by atoms with Crippen LogP contribution in [-0.4, -0.2) is 61.0 Å². The summed E-state index contributed by atoms with van der Waals surface area (Å²) in [6.07, 6.45) is 2.03. The molecule has 1 heterocycles. The quantitative estimate of drug-likeness (QED) is 0.603. The zero-order valence-electron chi connectivity index (χ0n) is 15.5. The van der Waals surface area contributed by atoms with E-state index in [2.05, 4.69) is 47.2 Å². The van der Waals surface area contributed by atoms with E-state index in [0.717, 1.165) is 49.9 Å². The Bertz CT molecular complexity index is 591. The third-order valence-electron chi connectivity index (χ3n) is 4.31. The first kappa shape index (κ1) is 19.6. The molecule has 6 heteroatoms. The van der Waals surface area contributed by atoms with E-state index >= 15 is 0 Å². The lowest BCUT2D eigenvalue weighted by Crippen LogP contribution is -2.48. The molecular formula is C19H30N4OS. The zero-order chi connectivity index (χ0) is 18.1. The molecule has 0 aromatic heterocycles. The fourth-order valence-electron chi connectivity index (χ4n) is 2.89. The smallest absolute Gasteiger partial charge is 0.251 e. The minimum absolute atomic E-state index is 0.0462. The summed E-state index contributed by atoms with van der Waals surface area (Å²) in [4.78, 5) is 18.9. The van der Waals surface area contributed by atoms with Gasteiger partial charge in [0.15, 0.2) is 5.96 Å². The summed E-state index contributed by atoms with van der Waals surface area (Å²) in [6, 6.07) is 7.78. The topological polar surface area (TPSA) is 56.7 Å². The first-order valence-corrected chi connectivity index (χ1v) is 10.2. The van der Waals surface area contributed by atoms with Gasteiger partial charge in [-0.05, 0) is 37.5 Å². The molecule has 0 spiro atoms. The highest BCUT2D eigenvalue weighted by Gasteiger charge is 2.21. The van der Waals surface area contributed by atoms with E-state index in [0.29, 0.717) is 10.8 Å². The Kier molecular flexibility index (Phi) is 8.12. The summed E-state index contributed by atoms with van der Waals surface area (Å²) in [5.41, 5.74) is 1.84. The SMILES string of the molecule is CCNC(=NCCc1cccc(C(=O)NC)c1)N1CCSC(CC)C1. The number of hydrogen-bond donors (Lipinski definition) is 2. The van der Waals surface area contributed by atoms with Crippen LogP contribution in [0.1, 0.15) is 36.2 Å². The van der Waals surface area contributed by atoms with Crippen molar-refractivity contribution >= 4 is 23.6 Å². The normalized spacial score (nSPS) is 18.1. The average Bonchev–Trinajstić information content (AvgIpc) is 2.67. The van der Waals surface area contributed by atoms with Crippen LogP contribution in [0.15, 0.2) is 29.3 Å². The number of carbonyl (C=O) groups is 1. The number of thioether (sulfide) groups is 1. The molecule has 1 aromatic carbocycles. The summed E-state index contributed by atoms with van der Waals surface area (Å²) >= 11 is 2.07. The van der Waals surface area contributed by atoms with Gasteiger partial charge in [-0.3, -0.25) is 9.79 Å². The minimum atomic E-state index is -0.0462. The van der Waals surface area contributed by atoms with Crippen LogP contribution in [-0.2, 0) is 6.42 Å². The van der Waals surface area contributed by atoms with Gasteiger partial charge in [0.1, 0.15) is 0 Å². The first-order valence-electron chi connectivity index (χ1n) is 9.13. The molecule has 2 N–H and O–H groups in total. The first-order chi connectivity index (χ1) is 12.2. The van der Waals surface area contributed by atoms with Crippen LogP contribution in [0.4, 0.5) is 0 Å². The van der Waals surface area contributed by atoms with Crippen LogP contribution in [0.3, 0.4) is 0 Å². The molecule has 1 fully saturated rings. The number of nitrogens with zero attached hydrogens (tertiary/aromatic N) is 2. The molecule has 0 radical (unpaired) electrons. The van der Waals surface area contributed by atoms with Gasteiger partial charge in [0.05, 0.1) is 0 Å². The Morgan fingerprint density at radius 2 is 2.24 bits per heavy atom. The molecule has 1 unspecified atom stereocenters. The van der Waals surface area contributed by atoms with Crippen LogP contribution in [0.25, 0.3) is 0 Å². The second kappa shape index (κ2) is 10.3. The summed E-state index contributed by atoms with van der Waals surface area (Å²) < 4.78 is 0. The van der Waals surface area contributed by atoms with Crippen molar-refractivity contribution in [2.45, 2.75) is 31.9 Å². The molecule has 138 valence electrons. The van der Waals surface area contributed by atoms with Crippen molar-refractivity contribution < 1.29 is 4.79 Å². The van der Waals surface area contributed by atoms with E-state index in [1.54, 1.807) is 7.05 Å². The number of carbonyl (C=O) groups excluding carboxylic acids is 1. The van der Waals surface area contributed by atoms with Gasteiger partial charge in [-0.1, -0.05) is 19.1 Å². The van der Waals surface area contributed by atoms with Gasteiger partial charge >= 0.3 is 0 Å². The Morgan fingerprint density at radius 3 is 2.96 bits per heavy atom. The number of nitrogens with one attached hydrogen (secondary N) is 2. The highest BCUT2D eigenvalue weighted by molar-refractivity contribution is 8.00. The monoisotopic (exact) mass is 362 g/mol. The minimum Gasteiger partial charge on any atom is -0.357 e. The number of hydrogen-bond acceptors (Lipinski definition) is 3. The van der Waals surface area contributed by atoms with Gasteiger partial charge in [0.2, 0.25) is 0 Å². The van der Waals surface area contributed by atoms with Gasteiger partial charge in [-0.15, -0.1) is 0 Å². The number of aliphatic imine (C=N–C) groups is 1. The summed E-state index contributed by atoms with van der Waals surface area (Å²) in [5, 5.41) is 6.79. The van der Waals surface area contributed by atoms with Crippen LogP contribution in [0, 0.1) is 0 Å². The molecule has 1 saturated heterocycles. The second-order valence-corrected chi connectivity index (χ2v) is 7.52. The molecule has 0 saturated carbocycles. The largest absolute Gasteiger partial charge is 0.357 e.